The van der Waals surface area contributed by atoms with Crippen molar-refractivity contribution in [2.45, 2.75) is 46.0 Å². The Morgan fingerprint density at radius 2 is 1.47 bits per heavy atom. The first-order valence-corrected chi connectivity index (χ1v) is 10.7. The largest absolute Gasteiger partial charge is 0.494 e. The van der Waals surface area contributed by atoms with Gasteiger partial charge >= 0.3 is 0 Å². The van der Waals surface area contributed by atoms with E-state index in [9.17, 15) is 4.79 Å². The predicted octanol–water partition coefficient (Wildman–Crippen LogP) is 6.04. The normalized spacial score (nSPS) is 10.3. The summed E-state index contributed by atoms with van der Waals surface area (Å²) in [6.07, 6.45) is 6.12. The Kier molecular flexibility index (Phi) is 10.3. The molecule has 0 aliphatic carbocycles. The Morgan fingerprint density at radius 3 is 2.10 bits per heavy atom. The quantitative estimate of drug-likeness (QED) is 0.294. The maximum absolute atomic E-state index is 12.2. The van der Waals surface area contributed by atoms with Crippen molar-refractivity contribution in [3.05, 3.63) is 60.7 Å². The number of carbonyl (C=O) groups excluding carboxylic acids is 1. The van der Waals surface area contributed by atoms with E-state index in [1.807, 2.05) is 55.5 Å². The van der Waals surface area contributed by atoms with Crippen LogP contribution in [0.5, 0.6) is 11.5 Å². The number of hydrogen-bond donors (Lipinski definition) is 2. The SMILES string of the molecule is C=C(C)COc1ccc(NC(=O)CNc2ccc(OCCCCCCC)cc2)cc1. The molecule has 2 rings (SSSR count). The van der Waals surface area contributed by atoms with Gasteiger partial charge in [0, 0.05) is 11.4 Å². The van der Waals surface area contributed by atoms with Gasteiger partial charge in [-0.15, -0.1) is 0 Å². The lowest BCUT2D eigenvalue weighted by Gasteiger charge is -2.10. The first kappa shape index (κ1) is 23.3. The number of nitrogens with one attached hydrogen (secondary N) is 2. The van der Waals surface area contributed by atoms with Crippen LogP contribution in [-0.2, 0) is 4.79 Å². The third-order valence-corrected chi connectivity index (χ3v) is 4.45. The van der Waals surface area contributed by atoms with E-state index in [0.29, 0.717) is 6.61 Å². The Morgan fingerprint density at radius 1 is 0.867 bits per heavy atom. The molecule has 5 heteroatoms. The highest BCUT2D eigenvalue weighted by Gasteiger charge is 2.04. The van der Waals surface area contributed by atoms with Gasteiger partial charge in [0.15, 0.2) is 0 Å². The van der Waals surface area contributed by atoms with E-state index in [4.69, 9.17) is 9.47 Å². The summed E-state index contributed by atoms with van der Waals surface area (Å²) in [5, 5.41) is 5.99. The van der Waals surface area contributed by atoms with Crippen LogP contribution in [0.4, 0.5) is 11.4 Å². The summed E-state index contributed by atoms with van der Waals surface area (Å²) in [6, 6.07) is 15.0. The van der Waals surface area contributed by atoms with Gasteiger partial charge in [0.1, 0.15) is 18.1 Å². The highest BCUT2D eigenvalue weighted by atomic mass is 16.5. The minimum atomic E-state index is -0.113. The molecular formula is C25H34N2O3. The molecule has 2 aromatic carbocycles. The second-order valence-electron chi connectivity index (χ2n) is 7.46. The van der Waals surface area contributed by atoms with Gasteiger partial charge in [-0.1, -0.05) is 39.2 Å². The summed E-state index contributed by atoms with van der Waals surface area (Å²) in [5.74, 6) is 1.49. The molecule has 1 amide bonds. The lowest BCUT2D eigenvalue weighted by Crippen LogP contribution is -2.21. The van der Waals surface area contributed by atoms with Crippen LogP contribution in [0.3, 0.4) is 0 Å². The lowest BCUT2D eigenvalue weighted by molar-refractivity contribution is -0.114. The number of ether oxygens (including phenoxy) is 2. The smallest absolute Gasteiger partial charge is 0.243 e. The van der Waals surface area contributed by atoms with Crippen LogP contribution < -0.4 is 20.1 Å². The average molecular weight is 411 g/mol. The zero-order valence-electron chi connectivity index (χ0n) is 18.2. The van der Waals surface area contributed by atoms with Gasteiger partial charge in [0.05, 0.1) is 13.2 Å². The Hall–Kier alpha value is -2.95. The number of hydrogen-bond acceptors (Lipinski definition) is 4. The zero-order chi connectivity index (χ0) is 21.6. The van der Waals surface area contributed by atoms with E-state index < -0.39 is 0 Å². The number of unbranched alkanes of at least 4 members (excludes halogenated alkanes) is 4. The number of carbonyl (C=O) groups is 1. The molecule has 0 aromatic heterocycles. The number of amides is 1. The second-order valence-corrected chi connectivity index (χ2v) is 7.46. The minimum absolute atomic E-state index is 0.113. The molecule has 0 aliphatic rings. The molecule has 2 N–H and O–H groups in total. The van der Waals surface area contributed by atoms with Crippen LogP contribution in [0.25, 0.3) is 0 Å². The molecule has 0 fully saturated rings. The topological polar surface area (TPSA) is 59.6 Å². The number of anilines is 2. The van der Waals surface area contributed by atoms with Crippen molar-refractivity contribution in [3.8, 4) is 11.5 Å². The fourth-order valence-electron chi connectivity index (χ4n) is 2.79. The standard InChI is InChI=1S/C25H34N2O3/c1-4-5-6-7-8-17-29-23-13-9-21(10-14-23)26-18-25(28)27-22-11-15-24(16-12-22)30-19-20(2)3/h9-16,26H,2,4-8,17-19H2,1,3H3,(H,27,28). The third kappa shape index (κ3) is 9.50. The first-order valence-electron chi connectivity index (χ1n) is 10.7. The van der Waals surface area contributed by atoms with Gasteiger partial charge in [-0.05, 0) is 67.4 Å². The number of rotatable bonds is 14. The van der Waals surface area contributed by atoms with Crippen molar-refractivity contribution in [1.82, 2.24) is 0 Å². The summed E-state index contributed by atoms with van der Waals surface area (Å²) >= 11 is 0. The van der Waals surface area contributed by atoms with Crippen molar-refractivity contribution in [3.63, 3.8) is 0 Å². The Balaban J connectivity index is 1.67. The van der Waals surface area contributed by atoms with Crippen molar-refractivity contribution in [2.75, 3.05) is 30.4 Å². The van der Waals surface area contributed by atoms with Crippen LogP contribution in [-0.4, -0.2) is 25.7 Å². The lowest BCUT2D eigenvalue weighted by atomic mass is 10.2. The van der Waals surface area contributed by atoms with Crippen LogP contribution in [0.2, 0.25) is 0 Å². The van der Waals surface area contributed by atoms with E-state index in [0.717, 1.165) is 41.5 Å². The molecule has 0 saturated carbocycles. The predicted molar refractivity (Wildman–Crippen MR) is 125 cm³/mol. The summed E-state index contributed by atoms with van der Waals surface area (Å²) in [7, 11) is 0. The van der Waals surface area contributed by atoms with Crippen molar-refractivity contribution in [2.24, 2.45) is 0 Å². The molecule has 0 atom stereocenters. The van der Waals surface area contributed by atoms with Gasteiger partial charge in [-0.2, -0.15) is 0 Å². The molecule has 5 nitrogen and oxygen atoms in total. The van der Waals surface area contributed by atoms with Gasteiger partial charge in [-0.3, -0.25) is 4.79 Å². The maximum Gasteiger partial charge on any atom is 0.243 e. The summed E-state index contributed by atoms with van der Waals surface area (Å²) in [4.78, 5) is 12.2. The second kappa shape index (κ2) is 13.3. The minimum Gasteiger partial charge on any atom is -0.494 e. The van der Waals surface area contributed by atoms with Crippen LogP contribution in [0.15, 0.2) is 60.7 Å². The van der Waals surface area contributed by atoms with Crippen molar-refractivity contribution >= 4 is 17.3 Å². The van der Waals surface area contributed by atoms with Gasteiger partial charge in [-0.25, -0.2) is 0 Å². The fraction of sp³-hybridized carbons (Fsp3) is 0.400. The van der Waals surface area contributed by atoms with Crippen molar-refractivity contribution in [1.29, 1.82) is 0 Å². The molecule has 2 aromatic rings. The van der Waals surface area contributed by atoms with Crippen LogP contribution in [0.1, 0.15) is 46.0 Å². The fourth-order valence-corrected chi connectivity index (χ4v) is 2.79. The van der Waals surface area contributed by atoms with Gasteiger partial charge < -0.3 is 20.1 Å². The van der Waals surface area contributed by atoms with E-state index in [-0.39, 0.29) is 12.5 Å². The summed E-state index contributed by atoms with van der Waals surface area (Å²) < 4.78 is 11.3. The van der Waals surface area contributed by atoms with E-state index >= 15 is 0 Å². The molecule has 0 unspecified atom stereocenters. The van der Waals surface area contributed by atoms with Crippen LogP contribution in [0, 0.1) is 0 Å². The molecule has 0 radical (unpaired) electrons. The first-order chi connectivity index (χ1) is 14.6. The summed E-state index contributed by atoms with van der Waals surface area (Å²) in [5.41, 5.74) is 2.57. The Labute approximate surface area is 180 Å². The highest BCUT2D eigenvalue weighted by molar-refractivity contribution is 5.93. The molecule has 162 valence electrons. The zero-order valence-corrected chi connectivity index (χ0v) is 18.2. The molecule has 0 aliphatic heterocycles. The molecule has 0 saturated heterocycles. The summed E-state index contributed by atoms with van der Waals surface area (Å²) in [6.45, 7) is 9.35. The van der Waals surface area contributed by atoms with E-state index in [1.165, 1.54) is 25.7 Å². The van der Waals surface area contributed by atoms with Crippen molar-refractivity contribution < 1.29 is 14.3 Å². The van der Waals surface area contributed by atoms with Gasteiger partial charge in [0.25, 0.3) is 0 Å². The number of benzene rings is 2. The molecular weight excluding hydrogens is 376 g/mol. The maximum atomic E-state index is 12.2. The monoisotopic (exact) mass is 410 g/mol. The van der Waals surface area contributed by atoms with Gasteiger partial charge in [0.2, 0.25) is 5.91 Å². The molecule has 0 bridgehead atoms. The molecule has 0 spiro atoms. The average Bonchev–Trinajstić information content (AvgIpc) is 2.75. The van der Waals surface area contributed by atoms with E-state index in [2.05, 4.69) is 24.1 Å². The molecule has 30 heavy (non-hydrogen) atoms. The van der Waals surface area contributed by atoms with E-state index in [1.54, 1.807) is 0 Å². The van der Waals surface area contributed by atoms with Crippen LogP contribution >= 0.6 is 0 Å². The Bertz CT molecular complexity index is 770. The highest BCUT2D eigenvalue weighted by Crippen LogP contribution is 2.18. The molecule has 0 heterocycles. The third-order valence-electron chi connectivity index (χ3n) is 4.45.